The van der Waals surface area contributed by atoms with Crippen molar-refractivity contribution in [1.82, 2.24) is 4.31 Å². The van der Waals surface area contributed by atoms with E-state index in [1.165, 1.54) is 15.6 Å². The predicted molar refractivity (Wildman–Crippen MR) is 95.8 cm³/mol. The number of carbonyl (C=O) groups is 1. The highest BCUT2D eigenvalue weighted by atomic mass is 32.2. The van der Waals surface area contributed by atoms with E-state index in [2.05, 4.69) is 0 Å². The topological polar surface area (TPSA) is 57.7 Å². The highest BCUT2D eigenvalue weighted by Gasteiger charge is 2.42. The predicted octanol–water partition coefficient (Wildman–Crippen LogP) is 2.82. The first-order valence-corrected chi connectivity index (χ1v) is 9.89. The first-order chi connectivity index (χ1) is 11.2. The molecule has 5 nitrogen and oxygen atoms in total. The van der Waals surface area contributed by atoms with Crippen LogP contribution in [-0.4, -0.2) is 32.7 Å². The summed E-state index contributed by atoms with van der Waals surface area (Å²) in [6, 6.07) is 8.74. The maximum atomic E-state index is 12.9. The summed E-state index contributed by atoms with van der Waals surface area (Å²) in [5, 5.41) is 1.93. The summed E-state index contributed by atoms with van der Waals surface area (Å²) in [6.07, 6.45) is 0. The summed E-state index contributed by atoms with van der Waals surface area (Å²) in [5.41, 5.74) is 0.799. The molecule has 0 spiro atoms. The van der Waals surface area contributed by atoms with Gasteiger partial charge in [0.15, 0.2) is 0 Å². The largest absolute Gasteiger partial charge is 0.314 e. The molecule has 0 N–H and O–H groups in total. The third kappa shape index (κ3) is 2.56. The molecule has 1 aliphatic rings. The molecule has 0 fully saturated rings. The molecule has 24 heavy (non-hydrogen) atoms. The Morgan fingerprint density at radius 1 is 1.25 bits per heavy atom. The van der Waals surface area contributed by atoms with Crippen molar-refractivity contribution in [2.45, 2.75) is 30.7 Å². The Morgan fingerprint density at radius 3 is 2.58 bits per heavy atom. The van der Waals surface area contributed by atoms with Gasteiger partial charge in [0, 0.05) is 31.2 Å². The van der Waals surface area contributed by atoms with Gasteiger partial charge in [-0.2, -0.15) is 4.31 Å². The number of anilines is 1. The lowest BCUT2D eigenvalue weighted by Crippen LogP contribution is -2.33. The normalized spacial score (nSPS) is 16.7. The third-order valence-corrected chi connectivity index (χ3v) is 7.17. The van der Waals surface area contributed by atoms with Gasteiger partial charge in [0.1, 0.15) is 0 Å². The molecule has 0 saturated heterocycles. The van der Waals surface area contributed by atoms with Gasteiger partial charge in [0.25, 0.3) is 0 Å². The fourth-order valence-electron chi connectivity index (χ4n) is 3.00. The standard InChI is InChI=1S/C17H20N2O3S2/c1-17(2)14-10-13(7-8-15(14)19(4)16(17)20)24(21,22)18(3)11-12-6-5-9-23-12/h5-10H,11H2,1-4H3. The number of amides is 1. The van der Waals surface area contributed by atoms with Crippen LogP contribution in [0.5, 0.6) is 0 Å². The molecule has 0 radical (unpaired) electrons. The van der Waals surface area contributed by atoms with Crippen molar-refractivity contribution in [2.24, 2.45) is 0 Å². The molecule has 7 heteroatoms. The molecule has 128 valence electrons. The number of nitrogens with zero attached hydrogens (tertiary/aromatic N) is 2. The second kappa shape index (κ2) is 5.68. The first-order valence-electron chi connectivity index (χ1n) is 7.57. The van der Waals surface area contributed by atoms with E-state index in [0.29, 0.717) is 6.54 Å². The van der Waals surface area contributed by atoms with Gasteiger partial charge in [0.2, 0.25) is 15.9 Å². The van der Waals surface area contributed by atoms with Crippen molar-refractivity contribution in [2.75, 3.05) is 19.0 Å². The number of hydrogen-bond acceptors (Lipinski definition) is 4. The zero-order valence-corrected chi connectivity index (χ0v) is 15.7. The van der Waals surface area contributed by atoms with Gasteiger partial charge < -0.3 is 4.90 Å². The number of benzene rings is 1. The highest BCUT2D eigenvalue weighted by Crippen LogP contribution is 2.41. The zero-order valence-electron chi connectivity index (χ0n) is 14.1. The molecular weight excluding hydrogens is 344 g/mol. The first kappa shape index (κ1) is 17.1. The SMILES string of the molecule is CN1C(=O)C(C)(C)c2cc(S(=O)(=O)N(C)Cc3cccs3)ccc21. The van der Waals surface area contributed by atoms with Crippen molar-refractivity contribution in [3.05, 3.63) is 46.2 Å². The summed E-state index contributed by atoms with van der Waals surface area (Å²) < 4.78 is 27.1. The van der Waals surface area contributed by atoms with Crippen LogP contribution in [0.3, 0.4) is 0 Å². The Kier molecular flexibility index (Phi) is 4.06. The smallest absolute Gasteiger partial charge is 0.243 e. The molecule has 0 atom stereocenters. The van der Waals surface area contributed by atoms with Crippen LogP contribution in [0, 0.1) is 0 Å². The van der Waals surface area contributed by atoms with E-state index in [0.717, 1.165) is 16.1 Å². The van der Waals surface area contributed by atoms with E-state index in [1.54, 1.807) is 37.2 Å². The number of fused-ring (bicyclic) bond motifs is 1. The Morgan fingerprint density at radius 2 is 1.96 bits per heavy atom. The Balaban J connectivity index is 1.99. The van der Waals surface area contributed by atoms with Crippen LogP contribution in [0.4, 0.5) is 5.69 Å². The van der Waals surface area contributed by atoms with E-state index in [4.69, 9.17) is 0 Å². The van der Waals surface area contributed by atoms with Gasteiger partial charge in [0.05, 0.1) is 10.3 Å². The van der Waals surface area contributed by atoms with Crippen molar-refractivity contribution in [3.8, 4) is 0 Å². The van der Waals surface area contributed by atoms with Crippen LogP contribution in [0.1, 0.15) is 24.3 Å². The molecule has 1 aromatic heterocycles. The van der Waals surface area contributed by atoms with E-state index in [9.17, 15) is 13.2 Å². The van der Waals surface area contributed by atoms with E-state index < -0.39 is 15.4 Å². The molecule has 0 saturated carbocycles. The molecule has 1 aromatic carbocycles. The minimum Gasteiger partial charge on any atom is -0.314 e. The average Bonchev–Trinajstić information content (AvgIpc) is 3.10. The van der Waals surface area contributed by atoms with Crippen molar-refractivity contribution >= 4 is 33.0 Å². The number of sulfonamides is 1. The fourth-order valence-corrected chi connectivity index (χ4v) is 5.01. The number of likely N-dealkylation sites (N-methyl/N-ethyl adjacent to an activating group) is 1. The number of hydrogen-bond donors (Lipinski definition) is 0. The Bertz CT molecular complexity index is 887. The van der Waals surface area contributed by atoms with Crippen LogP contribution < -0.4 is 4.90 Å². The van der Waals surface area contributed by atoms with Crippen LogP contribution in [0.2, 0.25) is 0 Å². The lowest BCUT2D eigenvalue weighted by atomic mass is 9.86. The summed E-state index contributed by atoms with van der Waals surface area (Å²) in [4.78, 5) is 15.1. The summed E-state index contributed by atoms with van der Waals surface area (Å²) in [5.74, 6) is -0.0287. The van der Waals surface area contributed by atoms with Crippen molar-refractivity contribution in [1.29, 1.82) is 0 Å². The molecule has 3 rings (SSSR count). The second-order valence-electron chi connectivity index (χ2n) is 6.51. The molecule has 1 aliphatic heterocycles. The maximum absolute atomic E-state index is 12.9. The van der Waals surface area contributed by atoms with Crippen molar-refractivity contribution < 1.29 is 13.2 Å². The van der Waals surface area contributed by atoms with E-state index >= 15 is 0 Å². The van der Waals surface area contributed by atoms with Gasteiger partial charge in [-0.3, -0.25) is 4.79 Å². The minimum atomic E-state index is -3.61. The maximum Gasteiger partial charge on any atom is 0.243 e. The third-order valence-electron chi connectivity index (χ3n) is 4.51. The lowest BCUT2D eigenvalue weighted by molar-refractivity contribution is -0.121. The van der Waals surface area contributed by atoms with E-state index in [1.807, 2.05) is 31.4 Å². The summed E-state index contributed by atoms with van der Waals surface area (Å²) >= 11 is 1.53. The van der Waals surface area contributed by atoms with Crippen LogP contribution in [-0.2, 0) is 26.8 Å². The number of rotatable bonds is 4. The van der Waals surface area contributed by atoms with Crippen LogP contribution >= 0.6 is 11.3 Å². The van der Waals surface area contributed by atoms with Crippen molar-refractivity contribution in [3.63, 3.8) is 0 Å². The molecule has 1 amide bonds. The zero-order chi connectivity index (χ0) is 17.7. The van der Waals surface area contributed by atoms with E-state index in [-0.39, 0.29) is 10.8 Å². The van der Waals surface area contributed by atoms with Crippen LogP contribution in [0.25, 0.3) is 0 Å². The molecule has 0 bridgehead atoms. The molecule has 2 aromatic rings. The fraction of sp³-hybridized carbons (Fsp3) is 0.353. The van der Waals surface area contributed by atoms with Gasteiger partial charge in [-0.15, -0.1) is 11.3 Å². The minimum absolute atomic E-state index is 0.0287. The quantitative estimate of drug-likeness (QED) is 0.838. The Hall–Kier alpha value is -1.70. The second-order valence-corrected chi connectivity index (χ2v) is 9.59. The monoisotopic (exact) mass is 364 g/mol. The van der Waals surface area contributed by atoms with Gasteiger partial charge >= 0.3 is 0 Å². The molecular formula is C17H20N2O3S2. The summed E-state index contributed by atoms with van der Waals surface area (Å²) in [6.45, 7) is 3.98. The average molecular weight is 364 g/mol. The van der Waals surface area contributed by atoms with Gasteiger partial charge in [-0.1, -0.05) is 6.07 Å². The number of carbonyl (C=O) groups excluding carboxylic acids is 1. The number of thiophene rings is 1. The lowest BCUT2D eigenvalue weighted by Gasteiger charge is -2.19. The molecule has 2 heterocycles. The Labute approximate surface area is 146 Å². The molecule has 0 aliphatic carbocycles. The van der Waals surface area contributed by atoms with Gasteiger partial charge in [-0.25, -0.2) is 8.42 Å². The summed E-state index contributed by atoms with van der Waals surface area (Å²) in [7, 11) is -0.322. The molecule has 0 unspecified atom stereocenters. The van der Waals surface area contributed by atoms with Gasteiger partial charge in [-0.05, 0) is 49.1 Å². The highest BCUT2D eigenvalue weighted by molar-refractivity contribution is 7.89. The van der Waals surface area contributed by atoms with Crippen LogP contribution in [0.15, 0.2) is 40.6 Å².